The van der Waals surface area contributed by atoms with Crippen molar-refractivity contribution in [3.8, 4) is 11.9 Å². The number of aromatic hydroxyl groups is 1. The quantitative estimate of drug-likeness (QED) is 0.445. The van der Waals surface area contributed by atoms with E-state index < -0.39 is 37.8 Å². The molecule has 0 fully saturated rings. The van der Waals surface area contributed by atoms with Crippen LogP contribution in [0.3, 0.4) is 0 Å². The van der Waals surface area contributed by atoms with Crippen molar-refractivity contribution in [1.82, 2.24) is 4.57 Å². The first kappa shape index (κ1) is 18.1. The molecule has 10 nitrogen and oxygen atoms in total. The lowest BCUT2D eigenvalue weighted by Crippen LogP contribution is -2.25. The van der Waals surface area contributed by atoms with Crippen LogP contribution >= 0.6 is 0 Å². The number of pyridine rings is 1. The number of hydrogen-bond acceptors (Lipinski definition) is 7. The summed E-state index contributed by atoms with van der Waals surface area (Å²) >= 11 is 0. The molecule has 0 saturated heterocycles. The highest BCUT2D eigenvalue weighted by molar-refractivity contribution is 7.85. The Kier molecular flexibility index (Phi) is 4.87. The van der Waals surface area contributed by atoms with Crippen molar-refractivity contribution in [2.45, 2.75) is 12.3 Å². The fraction of sp³-hybridized carbons (Fsp3) is 0.143. The Hall–Kier alpha value is -3.23. The van der Waals surface area contributed by atoms with Crippen LogP contribution in [0.4, 0.5) is 5.69 Å². The average molecular weight is 365 g/mol. The summed E-state index contributed by atoms with van der Waals surface area (Å²) in [5.41, 5.74) is -1.51. The van der Waals surface area contributed by atoms with E-state index in [4.69, 9.17) is 9.81 Å². The highest BCUT2D eigenvalue weighted by Crippen LogP contribution is 2.18. The zero-order chi connectivity index (χ0) is 18.8. The normalized spacial score (nSPS) is 11.0. The van der Waals surface area contributed by atoms with Gasteiger partial charge in [-0.3, -0.25) is 24.0 Å². The molecule has 0 unspecified atom stereocenters. The number of nitrogens with zero attached hydrogens (tertiary/aromatic N) is 3. The predicted octanol–water partition coefficient (Wildman–Crippen LogP) is 0.770. The number of nitriles is 1. The molecule has 11 heteroatoms. The van der Waals surface area contributed by atoms with Gasteiger partial charge < -0.3 is 5.11 Å². The summed E-state index contributed by atoms with van der Waals surface area (Å²) in [7, 11) is -4.50. The minimum atomic E-state index is -4.50. The zero-order valence-electron chi connectivity index (χ0n) is 12.5. The maximum absolute atomic E-state index is 12.3. The lowest BCUT2D eigenvalue weighted by atomic mass is 10.1. The molecule has 0 aliphatic heterocycles. The van der Waals surface area contributed by atoms with Gasteiger partial charge in [0.15, 0.2) is 5.88 Å². The Bertz CT molecular complexity index is 1030. The molecule has 0 bridgehead atoms. The minimum absolute atomic E-state index is 0.151. The number of aromatic nitrogens is 1. The topological polar surface area (TPSA) is 164 Å². The van der Waals surface area contributed by atoms with Crippen molar-refractivity contribution < 1.29 is 23.0 Å². The molecule has 130 valence electrons. The molecule has 0 amide bonds. The number of non-ortho nitro benzene ring substituents is 1. The fourth-order valence-electron chi connectivity index (χ4n) is 2.17. The van der Waals surface area contributed by atoms with E-state index in [0.29, 0.717) is 5.56 Å². The van der Waals surface area contributed by atoms with E-state index in [1.165, 1.54) is 24.3 Å². The van der Waals surface area contributed by atoms with Crippen LogP contribution in [0.1, 0.15) is 16.7 Å². The molecule has 25 heavy (non-hydrogen) atoms. The van der Waals surface area contributed by atoms with Gasteiger partial charge in [0.25, 0.3) is 21.4 Å². The zero-order valence-corrected chi connectivity index (χ0v) is 13.3. The molecule has 1 aromatic carbocycles. The van der Waals surface area contributed by atoms with Gasteiger partial charge in [-0.2, -0.15) is 13.7 Å². The second kappa shape index (κ2) is 6.71. The summed E-state index contributed by atoms with van der Waals surface area (Å²) in [4.78, 5) is 22.3. The number of rotatable bonds is 5. The van der Waals surface area contributed by atoms with Gasteiger partial charge in [0.05, 0.1) is 11.5 Å². The van der Waals surface area contributed by atoms with Gasteiger partial charge in [0.1, 0.15) is 17.4 Å². The Morgan fingerprint density at radius 2 is 1.88 bits per heavy atom. The minimum Gasteiger partial charge on any atom is -0.494 e. The second-order valence-electron chi connectivity index (χ2n) is 5.06. The average Bonchev–Trinajstić information content (AvgIpc) is 2.50. The van der Waals surface area contributed by atoms with Crippen molar-refractivity contribution in [2.75, 3.05) is 0 Å². The largest absolute Gasteiger partial charge is 0.494 e. The highest BCUT2D eigenvalue weighted by atomic mass is 32.2. The van der Waals surface area contributed by atoms with E-state index in [2.05, 4.69) is 0 Å². The van der Waals surface area contributed by atoms with Gasteiger partial charge in [-0.15, -0.1) is 0 Å². The molecule has 0 aliphatic rings. The SMILES string of the molecule is N#Cc1c(CS(=O)(=O)O)cc(O)n(Cc2ccc([N+](=O)[O-])cc2)c1=O. The van der Waals surface area contributed by atoms with Gasteiger partial charge in [-0.05, 0) is 11.1 Å². The summed E-state index contributed by atoms with van der Waals surface area (Å²) in [6.45, 7) is -0.191. The molecule has 2 aromatic rings. The van der Waals surface area contributed by atoms with Crippen molar-refractivity contribution in [3.05, 3.63) is 67.5 Å². The van der Waals surface area contributed by atoms with Crippen LogP contribution in [-0.2, 0) is 22.4 Å². The van der Waals surface area contributed by atoms with Gasteiger partial charge >= 0.3 is 0 Å². The predicted molar refractivity (Wildman–Crippen MR) is 84.5 cm³/mol. The summed E-state index contributed by atoms with van der Waals surface area (Å²) in [6, 6.07) is 7.65. The summed E-state index contributed by atoms with van der Waals surface area (Å²) < 4.78 is 31.6. The first-order valence-electron chi connectivity index (χ1n) is 6.66. The standard InChI is InChI=1S/C14H11N3O7S/c15-6-12-10(8-25(22,23)24)5-13(18)16(14(12)19)7-9-1-3-11(4-2-9)17(20)21/h1-5,18H,7-8H2,(H,22,23,24). The Labute approximate surface area is 141 Å². The molecule has 0 aliphatic carbocycles. The number of benzene rings is 1. The number of hydrogen-bond donors (Lipinski definition) is 2. The van der Waals surface area contributed by atoms with Gasteiger partial charge in [0, 0.05) is 18.2 Å². The van der Waals surface area contributed by atoms with Crippen LogP contribution < -0.4 is 5.56 Å². The van der Waals surface area contributed by atoms with Crippen molar-refractivity contribution in [2.24, 2.45) is 0 Å². The molecular weight excluding hydrogens is 354 g/mol. The Morgan fingerprint density at radius 3 is 2.36 bits per heavy atom. The maximum Gasteiger partial charge on any atom is 0.271 e. The first-order chi connectivity index (χ1) is 11.6. The van der Waals surface area contributed by atoms with Gasteiger partial charge in [-0.25, -0.2) is 0 Å². The van der Waals surface area contributed by atoms with Crippen LogP contribution in [0.2, 0.25) is 0 Å². The molecule has 1 heterocycles. The fourth-order valence-corrected chi connectivity index (χ4v) is 2.79. The molecule has 1 aromatic heterocycles. The van der Waals surface area contributed by atoms with Crippen molar-refractivity contribution >= 4 is 15.8 Å². The van der Waals surface area contributed by atoms with Crippen LogP contribution in [0, 0.1) is 21.4 Å². The maximum atomic E-state index is 12.3. The summed E-state index contributed by atoms with van der Waals surface area (Å²) in [5.74, 6) is -1.60. The third-order valence-electron chi connectivity index (χ3n) is 3.30. The third-order valence-corrected chi connectivity index (χ3v) is 3.97. The monoisotopic (exact) mass is 365 g/mol. The van der Waals surface area contributed by atoms with Crippen LogP contribution in [0.5, 0.6) is 5.88 Å². The Balaban J connectivity index is 2.47. The van der Waals surface area contributed by atoms with E-state index in [1.54, 1.807) is 6.07 Å². The molecule has 0 saturated carbocycles. The van der Waals surface area contributed by atoms with Crippen LogP contribution in [-0.4, -0.2) is 27.6 Å². The molecule has 0 atom stereocenters. The molecule has 2 N–H and O–H groups in total. The smallest absolute Gasteiger partial charge is 0.271 e. The van der Waals surface area contributed by atoms with E-state index in [1.807, 2.05) is 0 Å². The van der Waals surface area contributed by atoms with E-state index in [0.717, 1.165) is 10.6 Å². The van der Waals surface area contributed by atoms with E-state index in [9.17, 15) is 28.4 Å². The highest BCUT2D eigenvalue weighted by Gasteiger charge is 2.19. The van der Waals surface area contributed by atoms with Crippen LogP contribution in [0.15, 0.2) is 35.1 Å². The third kappa shape index (κ3) is 4.19. The van der Waals surface area contributed by atoms with E-state index >= 15 is 0 Å². The van der Waals surface area contributed by atoms with Crippen LogP contribution in [0.25, 0.3) is 0 Å². The molecule has 0 radical (unpaired) electrons. The van der Waals surface area contributed by atoms with Crippen molar-refractivity contribution in [3.63, 3.8) is 0 Å². The van der Waals surface area contributed by atoms with Gasteiger partial charge in [0.2, 0.25) is 0 Å². The lowest BCUT2D eigenvalue weighted by Gasteiger charge is -2.11. The lowest BCUT2D eigenvalue weighted by molar-refractivity contribution is -0.384. The molecule has 2 rings (SSSR count). The molecular formula is C14H11N3O7S. The summed E-state index contributed by atoms with van der Waals surface area (Å²) in [6.07, 6.45) is 0. The molecule has 0 spiro atoms. The second-order valence-corrected chi connectivity index (χ2v) is 6.51. The Morgan fingerprint density at radius 1 is 1.28 bits per heavy atom. The summed E-state index contributed by atoms with van der Waals surface area (Å²) in [5, 5.41) is 29.7. The number of nitro benzene ring substituents is 1. The first-order valence-corrected chi connectivity index (χ1v) is 8.27. The van der Waals surface area contributed by atoms with Gasteiger partial charge in [-0.1, -0.05) is 12.1 Å². The van der Waals surface area contributed by atoms with E-state index in [-0.39, 0.29) is 17.8 Å². The van der Waals surface area contributed by atoms with Crippen molar-refractivity contribution in [1.29, 1.82) is 5.26 Å². The number of nitro groups is 1.